The van der Waals surface area contributed by atoms with E-state index in [9.17, 15) is 9.18 Å². The molecule has 2 aliphatic heterocycles. The fourth-order valence-electron chi connectivity index (χ4n) is 4.50. The van der Waals surface area contributed by atoms with Crippen LogP contribution in [0.4, 0.5) is 26.2 Å². The molecule has 0 bridgehead atoms. The number of H-pyrrole nitrogens is 1. The molecule has 2 aromatic carbocycles. The van der Waals surface area contributed by atoms with Crippen LogP contribution in [0.3, 0.4) is 0 Å². The third-order valence-electron chi connectivity index (χ3n) is 6.19. The second kappa shape index (κ2) is 11.4. The Bertz CT molecular complexity index is 1210. The van der Waals surface area contributed by atoms with Crippen LogP contribution in [-0.4, -0.2) is 79.7 Å². The number of imidazole rings is 1. The summed E-state index contributed by atoms with van der Waals surface area (Å²) in [5.41, 5.74) is 9.46. The van der Waals surface area contributed by atoms with E-state index in [1.165, 1.54) is 17.9 Å². The topological polar surface area (TPSA) is 120 Å². The predicted molar refractivity (Wildman–Crippen MR) is 138 cm³/mol. The molecule has 1 amide bonds. The molecule has 5 rings (SSSR count). The summed E-state index contributed by atoms with van der Waals surface area (Å²) in [6, 6.07) is 10.6. The van der Waals surface area contributed by atoms with Crippen LogP contribution in [0.15, 0.2) is 36.4 Å². The average Bonchev–Trinajstić information content (AvgIpc) is 3.42. The molecule has 0 radical (unpaired) electrons. The number of nitrogen functional groups attached to an aromatic ring is 1. The zero-order valence-electron chi connectivity index (χ0n) is 20.5. The van der Waals surface area contributed by atoms with Crippen molar-refractivity contribution in [2.75, 3.05) is 61.8 Å². The minimum Gasteiger partial charge on any atom is -0.443 e. The zero-order chi connectivity index (χ0) is 25.7. The van der Waals surface area contributed by atoms with Gasteiger partial charge in [0.05, 0.1) is 35.5 Å². The van der Waals surface area contributed by atoms with Gasteiger partial charge in [0.2, 0.25) is 0 Å². The highest BCUT2D eigenvalue weighted by molar-refractivity contribution is 5.90. The first-order valence-electron chi connectivity index (χ1n) is 11.9. The van der Waals surface area contributed by atoms with Gasteiger partial charge in [0.25, 0.3) is 0 Å². The van der Waals surface area contributed by atoms with Crippen molar-refractivity contribution in [3.8, 4) is 0 Å². The van der Waals surface area contributed by atoms with Gasteiger partial charge in [-0.15, -0.1) is 0 Å². The van der Waals surface area contributed by atoms with E-state index in [1.54, 1.807) is 19.2 Å². The van der Waals surface area contributed by atoms with Crippen LogP contribution in [0.2, 0.25) is 0 Å². The first-order valence-corrected chi connectivity index (χ1v) is 11.9. The van der Waals surface area contributed by atoms with Gasteiger partial charge in [-0.2, -0.15) is 0 Å². The molecule has 4 N–H and O–H groups in total. The number of carbonyl (C=O) groups is 2. The van der Waals surface area contributed by atoms with Crippen molar-refractivity contribution in [2.24, 2.45) is 0 Å². The van der Waals surface area contributed by atoms with Gasteiger partial charge in [-0.25, -0.2) is 14.2 Å². The summed E-state index contributed by atoms with van der Waals surface area (Å²) in [7, 11) is 1.80. The summed E-state index contributed by atoms with van der Waals surface area (Å²) in [6.07, 6.45) is 0.0757. The molecule has 10 nitrogen and oxygen atoms in total. The lowest BCUT2D eigenvalue weighted by Gasteiger charge is -2.36. The minimum atomic E-state index is -0.440. The van der Waals surface area contributed by atoms with Gasteiger partial charge in [0.1, 0.15) is 24.0 Å². The molecule has 1 aromatic heterocycles. The van der Waals surface area contributed by atoms with E-state index < -0.39 is 6.09 Å². The number of rotatable bonds is 6. The second-order valence-corrected chi connectivity index (χ2v) is 8.77. The average molecular weight is 498 g/mol. The lowest BCUT2D eigenvalue weighted by atomic mass is 10.2. The van der Waals surface area contributed by atoms with Crippen molar-refractivity contribution in [1.29, 1.82) is 0 Å². The molecule has 2 saturated heterocycles. The van der Waals surface area contributed by atoms with E-state index in [-0.39, 0.29) is 11.9 Å². The van der Waals surface area contributed by atoms with Crippen molar-refractivity contribution in [3.05, 3.63) is 48.0 Å². The number of piperazine rings is 1. The molecular weight excluding hydrogens is 465 g/mol. The number of benzene rings is 2. The van der Waals surface area contributed by atoms with Gasteiger partial charge in [-0.05, 0) is 50.4 Å². The molecule has 3 heterocycles. The Kier molecular flexibility index (Phi) is 8.01. The number of aldehydes is 1. The van der Waals surface area contributed by atoms with Crippen molar-refractivity contribution in [2.45, 2.75) is 19.6 Å². The van der Waals surface area contributed by atoms with Gasteiger partial charge < -0.3 is 30.5 Å². The number of amides is 1. The summed E-state index contributed by atoms with van der Waals surface area (Å²) in [5, 5.41) is 2.99. The molecule has 1 atom stereocenters. The van der Waals surface area contributed by atoms with Crippen molar-refractivity contribution in [1.82, 2.24) is 20.2 Å². The van der Waals surface area contributed by atoms with E-state index in [4.69, 9.17) is 15.3 Å². The van der Waals surface area contributed by atoms with E-state index in [2.05, 4.69) is 20.2 Å². The second-order valence-electron chi connectivity index (χ2n) is 8.77. The summed E-state index contributed by atoms with van der Waals surface area (Å²) < 4.78 is 20.3. The normalized spacial score (nSPS) is 18.2. The van der Waals surface area contributed by atoms with Crippen LogP contribution in [-0.2, 0) is 16.1 Å². The highest BCUT2D eigenvalue weighted by Crippen LogP contribution is 2.28. The quantitative estimate of drug-likeness (QED) is 0.351. The number of cyclic esters (lactones) is 1. The molecule has 2 fully saturated rings. The van der Waals surface area contributed by atoms with Crippen molar-refractivity contribution < 1.29 is 18.7 Å². The third kappa shape index (κ3) is 5.74. The molecule has 1 unspecified atom stereocenters. The molecule has 11 heteroatoms. The lowest BCUT2D eigenvalue weighted by Crippen LogP contribution is -2.46. The summed E-state index contributed by atoms with van der Waals surface area (Å²) >= 11 is 0. The molecular formula is C25H32FN7O3. The highest BCUT2D eigenvalue weighted by atomic mass is 19.1. The van der Waals surface area contributed by atoms with E-state index in [1.807, 2.05) is 23.1 Å². The number of anilines is 3. The number of aromatic nitrogens is 2. The molecule has 0 saturated carbocycles. The number of hydrogen-bond donors (Lipinski definition) is 3. The number of nitrogens with one attached hydrogen (secondary N) is 2. The number of halogens is 1. The number of fused-ring (bicyclic) bond motifs is 1. The zero-order valence-corrected chi connectivity index (χ0v) is 20.5. The number of aromatic amines is 1. The maximum atomic E-state index is 15.0. The molecule has 2 aliphatic rings. The largest absolute Gasteiger partial charge is 0.443 e. The van der Waals surface area contributed by atoms with E-state index in [0.29, 0.717) is 49.8 Å². The summed E-state index contributed by atoms with van der Waals surface area (Å²) in [6.45, 7) is 6.13. The van der Waals surface area contributed by atoms with Crippen molar-refractivity contribution >= 4 is 40.5 Å². The number of carbonyl (C=O) groups excluding carboxylic acids is 2. The maximum Gasteiger partial charge on any atom is 0.414 e. The highest BCUT2D eigenvalue weighted by Gasteiger charge is 2.32. The van der Waals surface area contributed by atoms with E-state index >= 15 is 0 Å². The smallest absolute Gasteiger partial charge is 0.414 e. The maximum absolute atomic E-state index is 15.0. The Morgan fingerprint density at radius 1 is 1.22 bits per heavy atom. The number of nitrogens with two attached hydrogens (primary N) is 1. The Balaban J connectivity index is 0.000000967. The van der Waals surface area contributed by atoms with Crippen LogP contribution in [0.5, 0.6) is 0 Å². The van der Waals surface area contributed by atoms with Crippen LogP contribution < -0.4 is 20.9 Å². The number of likely N-dealkylation sites (N-methyl/N-ethyl adjacent to an activating group) is 1. The van der Waals surface area contributed by atoms with Gasteiger partial charge >= 0.3 is 6.09 Å². The summed E-state index contributed by atoms with van der Waals surface area (Å²) in [5.74, 6) is 0.564. The number of nitrogens with zero attached hydrogens (tertiary/aromatic N) is 4. The Hall–Kier alpha value is -3.70. The van der Waals surface area contributed by atoms with Crippen LogP contribution in [0.1, 0.15) is 12.7 Å². The van der Waals surface area contributed by atoms with Gasteiger partial charge in [0, 0.05) is 38.4 Å². The van der Waals surface area contributed by atoms with Crippen molar-refractivity contribution in [3.63, 3.8) is 0 Å². The fourth-order valence-corrected chi connectivity index (χ4v) is 4.50. The minimum absolute atomic E-state index is 0.234. The molecule has 192 valence electrons. The molecule has 36 heavy (non-hydrogen) atoms. The Morgan fingerprint density at radius 3 is 2.67 bits per heavy atom. The Morgan fingerprint density at radius 2 is 1.97 bits per heavy atom. The predicted octanol–water partition coefficient (Wildman–Crippen LogP) is 2.36. The number of hydrogen-bond acceptors (Lipinski definition) is 8. The Labute approximate surface area is 209 Å². The standard InChI is InChI=1S/C23H28FN7O2.C2H4O/c1-26-12-17-13-31(23(32)33-17)16-3-5-21(18(24)11-16)30-8-6-29(7-9-30)14-22-27-19-4-2-15(25)10-20(19)28-22;1-2-3/h2-5,10-11,17,26H,6-9,12-14,25H2,1H3,(H,27,28);2H,1H3. The van der Waals surface area contributed by atoms with Crippen LogP contribution in [0.25, 0.3) is 11.0 Å². The van der Waals surface area contributed by atoms with E-state index in [0.717, 1.165) is 36.2 Å². The third-order valence-corrected chi connectivity index (χ3v) is 6.19. The monoisotopic (exact) mass is 497 g/mol. The molecule has 0 aliphatic carbocycles. The summed E-state index contributed by atoms with van der Waals surface area (Å²) in [4.78, 5) is 34.7. The van der Waals surface area contributed by atoms with Gasteiger partial charge in [-0.1, -0.05) is 0 Å². The first kappa shape index (κ1) is 25.4. The van der Waals surface area contributed by atoms with Gasteiger partial charge in [0.15, 0.2) is 0 Å². The van der Waals surface area contributed by atoms with Gasteiger partial charge in [-0.3, -0.25) is 9.80 Å². The van der Waals surface area contributed by atoms with Crippen LogP contribution in [0, 0.1) is 5.82 Å². The fraction of sp³-hybridized carbons (Fsp3) is 0.400. The molecule has 3 aromatic rings. The first-order chi connectivity index (χ1) is 17.4. The number of ether oxygens (including phenoxy) is 1. The van der Waals surface area contributed by atoms with Crippen LogP contribution >= 0.6 is 0 Å². The molecule has 0 spiro atoms. The lowest BCUT2D eigenvalue weighted by molar-refractivity contribution is -0.106. The SMILES string of the molecule is CC=O.CNCC1CN(c2ccc(N3CCN(Cc4nc5ccc(N)cc5[nH]4)CC3)c(F)c2)C(=O)O1.